The van der Waals surface area contributed by atoms with E-state index in [2.05, 4.69) is 0 Å². The minimum Gasteiger partial charge on any atom is -0.375 e. The van der Waals surface area contributed by atoms with Gasteiger partial charge in [-0.15, -0.1) is 0 Å². The molecule has 19 heavy (non-hydrogen) atoms. The number of amides is 3. The number of nitrogens with zero attached hydrogens (tertiary/aromatic N) is 2. The third kappa shape index (κ3) is 2.04. The van der Waals surface area contributed by atoms with E-state index in [1.165, 1.54) is 16.2 Å². The second-order valence-corrected chi connectivity index (χ2v) is 6.26. The predicted octanol–water partition coefficient (Wildman–Crippen LogP) is 1.62. The monoisotopic (exact) mass is 266 g/mol. The Labute approximate surface area is 113 Å². The highest BCUT2D eigenvalue weighted by Gasteiger charge is 2.46. The Kier molecular flexibility index (Phi) is 3.04. The maximum absolute atomic E-state index is 12.1. The zero-order valence-corrected chi connectivity index (χ0v) is 11.7. The zero-order chi connectivity index (χ0) is 13.6. The van der Waals surface area contributed by atoms with Crippen molar-refractivity contribution in [2.75, 3.05) is 20.2 Å². The quantitative estimate of drug-likeness (QED) is 0.714. The van der Waals surface area contributed by atoms with Crippen molar-refractivity contribution in [3.05, 3.63) is 0 Å². The van der Waals surface area contributed by atoms with Crippen LogP contribution in [0.1, 0.15) is 39.0 Å². The molecule has 0 bridgehead atoms. The molecular weight excluding hydrogens is 244 g/mol. The van der Waals surface area contributed by atoms with E-state index in [0.29, 0.717) is 12.5 Å². The van der Waals surface area contributed by atoms with Crippen molar-refractivity contribution < 1.29 is 14.3 Å². The standard InChI is InChI=1S/C14H22N2O3/c1-10-12(17)16(13(18)15(10)2)9-11-4-7-19-14(8-11)5-3-6-14/h10-11H,3-9H2,1-2H3/t10-,11?/m0/s1. The smallest absolute Gasteiger partial charge is 0.327 e. The van der Waals surface area contributed by atoms with Gasteiger partial charge in [-0.25, -0.2) is 4.79 Å². The number of carbonyl (C=O) groups excluding carboxylic acids is 2. The molecular formula is C14H22N2O3. The normalized spacial score (nSPS) is 34.0. The van der Waals surface area contributed by atoms with Gasteiger partial charge in [0.15, 0.2) is 0 Å². The molecule has 0 aromatic heterocycles. The van der Waals surface area contributed by atoms with Gasteiger partial charge in [-0.3, -0.25) is 9.69 Å². The summed E-state index contributed by atoms with van der Waals surface area (Å²) in [5.74, 6) is 0.349. The Morgan fingerprint density at radius 3 is 2.63 bits per heavy atom. The van der Waals surface area contributed by atoms with Crippen LogP contribution in [0.5, 0.6) is 0 Å². The maximum Gasteiger partial charge on any atom is 0.327 e. The summed E-state index contributed by atoms with van der Waals surface area (Å²) in [6.07, 6.45) is 5.48. The lowest BCUT2D eigenvalue weighted by atomic mass is 9.72. The van der Waals surface area contributed by atoms with Crippen molar-refractivity contribution in [2.24, 2.45) is 5.92 Å². The first-order chi connectivity index (χ1) is 9.02. The molecule has 5 nitrogen and oxygen atoms in total. The molecule has 0 radical (unpaired) electrons. The van der Waals surface area contributed by atoms with Crippen LogP contribution in [0, 0.1) is 5.92 Å². The molecule has 3 amide bonds. The summed E-state index contributed by atoms with van der Waals surface area (Å²) in [7, 11) is 1.70. The molecule has 2 heterocycles. The first-order valence-electron chi connectivity index (χ1n) is 7.24. The number of rotatable bonds is 2. The van der Waals surface area contributed by atoms with Crippen LogP contribution in [0.2, 0.25) is 0 Å². The number of hydrogen-bond donors (Lipinski definition) is 0. The largest absolute Gasteiger partial charge is 0.375 e. The van der Waals surface area contributed by atoms with Gasteiger partial charge in [0.2, 0.25) is 0 Å². The SMILES string of the molecule is C[C@H]1C(=O)N(CC2CCOC3(CCC3)C2)C(=O)N1C. The summed E-state index contributed by atoms with van der Waals surface area (Å²) in [6, 6.07) is -0.461. The Balaban J connectivity index is 1.65. The first-order valence-corrected chi connectivity index (χ1v) is 7.24. The lowest BCUT2D eigenvalue weighted by Gasteiger charge is -2.47. The molecule has 0 aromatic rings. The van der Waals surface area contributed by atoms with Crippen molar-refractivity contribution in [1.82, 2.24) is 9.80 Å². The van der Waals surface area contributed by atoms with Crippen LogP contribution >= 0.6 is 0 Å². The summed E-state index contributed by atoms with van der Waals surface area (Å²) in [5, 5.41) is 0. The van der Waals surface area contributed by atoms with E-state index < -0.39 is 0 Å². The summed E-state index contributed by atoms with van der Waals surface area (Å²) < 4.78 is 5.89. The Hall–Kier alpha value is -1.10. The highest BCUT2D eigenvalue weighted by Crippen LogP contribution is 2.44. The molecule has 3 fully saturated rings. The third-order valence-electron chi connectivity index (χ3n) is 5.04. The summed E-state index contributed by atoms with van der Waals surface area (Å²) in [4.78, 5) is 27.1. The van der Waals surface area contributed by atoms with Crippen LogP contribution in [0.25, 0.3) is 0 Å². The number of urea groups is 1. The average Bonchev–Trinajstić information content (AvgIpc) is 2.55. The van der Waals surface area contributed by atoms with Crippen molar-refractivity contribution in [3.8, 4) is 0 Å². The molecule has 5 heteroatoms. The minimum absolute atomic E-state index is 0.0540. The Morgan fingerprint density at radius 1 is 1.37 bits per heavy atom. The van der Waals surface area contributed by atoms with Gasteiger partial charge < -0.3 is 9.64 Å². The molecule has 3 aliphatic rings. The topological polar surface area (TPSA) is 49.9 Å². The second-order valence-electron chi connectivity index (χ2n) is 6.26. The van der Waals surface area contributed by atoms with Crippen molar-refractivity contribution in [1.29, 1.82) is 0 Å². The van der Waals surface area contributed by atoms with E-state index in [1.807, 2.05) is 0 Å². The maximum atomic E-state index is 12.1. The van der Waals surface area contributed by atoms with E-state index in [1.54, 1.807) is 14.0 Å². The van der Waals surface area contributed by atoms with Crippen LogP contribution in [0.4, 0.5) is 4.79 Å². The molecule has 106 valence electrons. The molecule has 2 aliphatic heterocycles. The predicted molar refractivity (Wildman–Crippen MR) is 69.6 cm³/mol. The van der Waals surface area contributed by atoms with Gasteiger partial charge in [-0.1, -0.05) is 0 Å². The summed E-state index contributed by atoms with van der Waals surface area (Å²) >= 11 is 0. The molecule has 0 N–H and O–H groups in total. The fourth-order valence-corrected chi connectivity index (χ4v) is 3.47. The third-order valence-corrected chi connectivity index (χ3v) is 5.04. The molecule has 1 spiro atoms. The number of hydrogen-bond acceptors (Lipinski definition) is 3. The van der Waals surface area contributed by atoms with Crippen LogP contribution in [0.15, 0.2) is 0 Å². The fourth-order valence-electron chi connectivity index (χ4n) is 3.47. The minimum atomic E-state index is -0.315. The fraction of sp³-hybridized carbons (Fsp3) is 0.857. The van der Waals surface area contributed by atoms with E-state index in [9.17, 15) is 9.59 Å². The average molecular weight is 266 g/mol. The number of imide groups is 1. The summed E-state index contributed by atoms with van der Waals surface area (Å²) in [5.41, 5.74) is 0.0756. The Bertz CT molecular complexity index is 385. The van der Waals surface area contributed by atoms with Gasteiger partial charge in [-0.05, 0) is 44.9 Å². The van der Waals surface area contributed by atoms with Crippen molar-refractivity contribution in [3.63, 3.8) is 0 Å². The Morgan fingerprint density at radius 2 is 2.11 bits per heavy atom. The lowest BCUT2D eigenvalue weighted by Crippen LogP contribution is -2.48. The lowest BCUT2D eigenvalue weighted by molar-refractivity contribution is -0.147. The van der Waals surface area contributed by atoms with E-state index in [0.717, 1.165) is 32.3 Å². The number of likely N-dealkylation sites (N-methyl/N-ethyl adjacent to an activating group) is 1. The van der Waals surface area contributed by atoms with Gasteiger partial charge >= 0.3 is 6.03 Å². The highest BCUT2D eigenvalue weighted by molar-refractivity contribution is 6.03. The van der Waals surface area contributed by atoms with Gasteiger partial charge in [0.25, 0.3) is 5.91 Å². The van der Waals surface area contributed by atoms with Crippen LogP contribution < -0.4 is 0 Å². The van der Waals surface area contributed by atoms with Crippen molar-refractivity contribution >= 4 is 11.9 Å². The molecule has 2 saturated heterocycles. The molecule has 3 rings (SSSR count). The van der Waals surface area contributed by atoms with Gasteiger partial charge in [0.1, 0.15) is 6.04 Å². The molecule has 2 atom stereocenters. The van der Waals surface area contributed by atoms with Crippen LogP contribution in [-0.4, -0.2) is 53.6 Å². The molecule has 1 aliphatic carbocycles. The molecule has 0 aromatic carbocycles. The zero-order valence-electron chi connectivity index (χ0n) is 11.7. The van der Waals surface area contributed by atoms with E-state index >= 15 is 0 Å². The number of carbonyl (C=O) groups is 2. The van der Waals surface area contributed by atoms with Gasteiger partial charge in [0.05, 0.1) is 5.60 Å². The van der Waals surface area contributed by atoms with Crippen LogP contribution in [-0.2, 0) is 9.53 Å². The first kappa shape index (κ1) is 12.9. The summed E-state index contributed by atoms with van der Waals surface area (Å²) in [6.45, 7) is 3.13. The number of ether oxygens (including phenoxy) is 1. The van der Waals surface area contributed by atoms with Gasteiger partial charge in [-0.2, -0.15) is 0 Å². The molecule has 1 unspecified atom stereocenters. The second kappa shape index (κ2) is 4.47. The van der Waals surface area contributed by atoms with Gasteiger partial charge in [0, 0.05) is 20.2 Å². The van der Waals surface area contributed by atoms with E-state index in [-0.39, 0.29) is 23.6 Å². The van der Waals surface area contributed by atoms with E-state index in [4.69, 9.17) is 4.74 Å². The van der Waals surface area contributed by atoms with Crippen LogP contribution in [0.3, 0.4) is 0 Å². The molecule has 1 saturated carbocycles. The van der Waals surface area contributed by atoms with Crippen molar-refractivity contribution in [2.45, 2.75) is 50.7 Å². The highest BCUT2D eigenvalue weighted by atomic mass is 16.5.